The normalized spacial score (nSPS) is 14.2. The number of hydrogen-bond acceptors (Lipinski definition) is 8. The molecule has 6 N–H and O–H groups in total. The lowest BCUT2D eigenvalue weighted by Gasteiger charge is -2.13. The SMILES string of the molecule is CCCNc1nc(NCc2ccccc2-c2cccc(N)c2)nc2c(/C=C3\NC(=O)NC3=O)cnn12. The monoisotopic (exact) mass is 483 g/mol. The maximum Gasteiger partial charge on any atom is 0.326 e. The van der Waals surface area contributed by atoms with E-state index in [1.165, 1.54) is 6.08 Å². The molecule has 4 aromatic rings. The van der Waals surface area contributed by atoms with Crippen molar-refractivity contribution in [3.63, 3.8) is 0 Å². The summed E-state index contributed by atoms with van der Waals surface area (Å²) in [5, 5.41) is 15.6. The van der Waals surface area contributed by atoms with Crippen LogP contribution < -0.4 is 27.0 Å². The highest BCUT2D eigenvalue weighted by molar-refractivity contribution is 6.14. The van der Waals surface area contributed by atoms with Gasteiger partial charge in [0.15, 0.2) is 5.65 Å². The predicted molar refractivity (Wildman–Crippen MR) is 138 cm³/mol. The third kappa shape index (κ3) is 4.67. The van der Waals surface area contributed by atoms with E-state index in [1.54, 1.807) is 10.7 Å². The van der Waals surface area contributed by atoms with Gasteiger partial charge in [0.25, 0.3) is 5.91 Å². The lowest BCUT2D eigenvalue weighted by atomic mass is 9.99. The Morgan fingerprint density at radius 2 is 1.92 bits per heavy atom. The van der Waals surface area contributed by atoms with Crippen LogP contribution in [0.25, 0.3) is 22.9 Å². The summed E-state index contributed by atoms with van der Waals surface area (Å²) in [5.74, 6) is 0.399. The number of carbonyl (C=O) groups is 2. The molecule has 0 aliphatic carbocycles. The molecule has 1 saturated heterocycles. The van der Waals surface area contributed by atoms with Gasteiger partial charge in [-0.05, 0) is 41.3 Å². The topological polar surface area (TPSA) is 151 Å². The Balaban J connectivity index is 1.48. The molecule has 36 heavy (non-hydrogen) atoms. The van der Waals surface area contributed by atoms with Crippen LogP contribution in [0.5, 0.6) is 0 Å². The van der Waals surface area contributed by atoms with Crippen molar-refractivity contribution < 1.29 is 9.59 Å². The van der Waals surface area contributed by atoms with Crippen LogP contribution in [0.15, 0.2) is 60.4 Å². The first kappa shape index (κ1) is 22.8. The summed E-state index contributed by atoms with van der Waals surface area (Å²) in [5.41, 5.74) is 11.0. The molecule has 182 valence electrons. The number of aromatic nitrogens is 4. The van der Waals surface area contributed by atoms with Crippen molar-refractivity contribution in [2.45, 2.75) is 19.9 Å². The van der Waals surface area contributed by atoms with Crippen LogP contribution in [0.2, 0.25) is 0 Å². The Morgan fingerprint density at radius 1 is 1.06 bits per heavy atom. The zero-order valence-electron chi connectivity index (χ0n) is 19.6. The summed E-state index contributed by atoms with van der Waals surface area (Å²) in [4.78, 5) is 32.8. The molecule has 2 aromatic carbocycles. The largest absolute Gasteiger partial charge is 0.399 e. The summed E-state index contributed by atoms with van der Waals surface area (Å²) < 4.78 is 1.57. The van der Waals surface area contributed by atoms with Gasteiger partial charge in [-0.3, -0.25) is 10.1 Å². The summed E-state index contributed by atoms with van der Waals surface area (Å²) in [6.45, 7) is 3.22. The van der Waals surface area contributed by atoms with Crippen LogP contribution in [0.1, 0.15) is 24.5 Å². The zero-order valence-corrected chi connectivity index (χ0v) is 19.6. The molecular weight excluding hydrogens is 458 g/mol. The van der Waals surface area contributed by atoms with Crippen molar-refractivity contribution in [1.82, 2.24) is 30.2 Å². The van der Waals surface area contributed by atoms with Crippen LogP contribution in [-0.4, -0.2) is 38.1 Å². The first-order chi connectivity index (χ1) is 17.5. The van der Waals surface area contributed by atoms with E-state index in [4.69, 9.17) is 5.73 Å². The minimum atomic E-state index is -0.566. The number of carbonyl (C=O) groups excluding carboxylic acids is 2. The number of hydrogen-bond donors (Lipinski definition) is 5. The van der Waals surface area contributed by atoms with Gasteiger partial charge in [0.2, 0.25) is 11.9 Å². The van der Waals surface area contributed by atoms with Crippen LogP contribution in [-0.2, 0) is 11.3 Å². The molecule has 1 fully saturated rings. The lowest BCUT2D eigenvalue weighted by Crippen LogP contribution is -2.22. The van der Waals surface area contributed by atoms with E-state index in [9.17, 15) is 9.59 Å². The van der Waals surface area contributed by atoms with Crippen molar-refractivity contribution in [3.05, 3.63) is 71.6 Å². The van der Waals surface area contributed by atoms with Gasteiger partial charge in [0.05, 0.1) is 6.20 Å². The summed E-state index contributed by atoms with van der Waals surface area (Å²) in [6, 6.07) is 15.2. The Kier molecular flexibility index (Phi) is 6.18. The number of rotatable bonds is 8. The van der Waals surface area contributed by atoms with Crippen molar-refractivity contribution >= 4 is 41.2 Å². The average molecular weight is 484 g/mol. The van der Waals surface area contributed by atoms with Crippen molar-refractivity contribution in [3.8, 4) is 11.1 Å². The molecule has 3 heterocycles. The van der Waals surface area contributed by atoms with Gasteiger partial charge in [-0.25, -0.2) is 4.79 Å². The zero-order chi connectivity index (χ0) is 25.1. The number of nitrogens with zero attached hydrogens (tertiary/aromatic N) is 4. The Labute approximate surface area is 206 Å². The third-order valence-corrected chi connectivity index (χ3v) is 5.60. The molecule has 11 nitrogen and oxygen atoms in total. The van der Waals surface area contributed by atoms with Gasteiger partial charge in [-0.2, -0.15) is 19.6 Å². The lowest BCUT2D eigenvalue weighted by molar-refractivity contribution is -0.115. The van der Waals surface area contributed by atoms with E-state index >= 15 is 0 Å². The maximum atomic E-state index is 12.0. The number of amides is 3. The van der Waals surface area contributed by atoms with E-state index in [0.717, 1.165) is 23.1 Å². The molecule has 0 bridgehead atoms. The van der Waals surface area contributed by atoms with E-state index in [1.807, 2.05) is 48.5 Å². The number of urea groups is 1. The molecule has 0 atom stereocenters. The second-order valence-electron chi connectivity index (χ2n) is 8.24. The first-order valence-electron chi connectivity index (χ1n) is 11.5. The smallest absolute Gasteiger partial charge is 0.326 e. The number of nitrogens with two attached hydrogens (primary N) is 1. The van der Waals surface area contributed by atoms with Crippen LogP contribution in [0.3, 0.4) is 0 Å². The molecule has 5 rings (SSSR count). The summed E-state index contributed by atoms with van der Waals surface area (Å²) in [6.07, 6.45) is 4.01. The van der Waals surface area contributed by atoms with Gasteiger partial charge in [-0.1, -0.05) is 43.3 Å². The first-order valence-corrected chi connectivity index (χ1v) is 11.5. The molecule has 0 spiro atoms. The Hall–Kier alpha value is -4.93. The number of fused-ring (bicyclic) bond motifs is 1. The minimum Gasteiger partial charge on any atom is -0.399 e. The van der Waals surface area contributed by atoms with Gasteiger partial charge < -0.3 is 21.7 Å². The molecule has 0 unspecified atom stereocenters. The fourth-order valence-electron chi connectivity index (χ4n) is 3.90. The van der Waals surface area contributed by atoms with E-state index in [0.29, 0.717) is 41.9 Å². The standard InChI is InChI=1S/C25H25N9O2/c1-2-10-27-24-33-23(28-13-16-6-3-4-9-19(16)15-7-5-8-18(26)11-15)31-21-17(14-29-34(21)24)12-20-22(35)32-25(36)30-20/h3-9,11-12,14H,2,10,13,26H2,1H3,(H2,27,28,31,33)(H2,30,32,35,36)/b20-12-. The Morgan fingerprint density at radius 3 is 2.69 bits per heavy atom. The van der Waals surface area contributed by atoms with Gasteiger partial charge >= 0.3 is 6.03 Å². The number of nitrogens with one attached hydrogen (secondary N) is 4. The Bertz CT molecular complexity index is 1490. The minimum absolute atomic E-state index is 0.127. The van der Waals surface area contributed by atoms with E-state index < -0.39 is 11.9 Å². The number of benzene rings is 2. The molecule has 2 aromatic heterocycles. The number of nitrogen functional groups attached to an aromatic ring is 1. The summed E-state index contributed by atoms with van der Waals surface area (Å²) >= 11 is 0. The fourth-order valence-corrected chi connectivity index (χ4v) is 3.90. The molecule has 0 radical (unpaired) electrons. The second kappa shape index (κ2) is 9.74. The average Bonchev–Trinajstić information content (AvgIpc) is 3.43. The number of imide groups is 1. The maximum absolute atomic E-state index is 12.0. The van der Waals surface area contributed by atoms with E-state index in [2.05, 4.69) is 43.3 Å². The molecule has 1 aliphatic rings. The molecule has 3 amide bonds. The van der Waals surface area contributed by atoms with Crippen LogP contribution >= 0.6 is 0 Å². The molecular formula is C25H25N9O2. The quantitative estimate of drug-likeness (QED) is 0.146. The fraction of sp³-hybridized carbons (Fsp3) is 0.160. The third-order valence-electron chi connectivity index (χ3n) is 5.60. The second-order valence-corrected chi connectivity index (χ2v) is 8.24. The van der Waals surface area contributed by atoms with Crippen molar-refractivity contribution in [2.24, 2.45) is 0 Å². The van der Waals surface area contributed by atoms with Crippen molar-refractivity contribution in [2.75, 3.05) is 22.9 Å². The van der Waals surface area contributed by atoms with Gasteiger partial charge in [0.1, 0.15) is 5.70 Å². The van der Waals surface area contributed by atoms with Crippen LogP contribution in [0, 0.1) is 0 Å². The molecule has 0 saturated carbocycles. The number of anilines is 3. The highest BCUT2D eigenvalue weighted by Gasteiger charge is 2.24. The highest BCUT2D eigenvalue weighted by Crippen LogP contribution is 2.26. The highest BCUT2D eigenvalue weighted by atomic mass is 16.2. The molecule has 11 heteroatoms. The summed E-state index contributed by atoms with van der Waals surface area (Å²) in [7, 11) is 0. The van der Waals surface area contributed by atoms with Gasteiger partial charge in [-0.15, -0.1) is 0 Å². The van der Waals surface area contributed by atoms with E-state index in [-0.39, 0.29) is 5.70 Å². The van der Waals surface area contributed by atoms with Crippen LogP contribution in [0.4, 0.5) is 22.4 Å². The molecule has 1 aliphatic heterocycles. The predicted octanol–water partition coefficient (Wildman–Crippen LogP) is 2.99. The van der Waals surface area contributed by atoms with Gasteiger partial charge in [0, 0.05) is 24.3 Å². The van der Waals surface area contributed by atoms with Crippen molar-refractivity contribution in [1.29, 1.82) is 0 Å².